The molecule has 1 aliphatic heterocycles. The first-order valence-electron chi connectivity index (χ1n) is 9.57. The zero-order chi connectivity index (χ0) is 20.9. The number of halogens is 1. The molecule has 30 heavy (non-hydrogen) atoms. The monoisotopic (exact) mass is 417 g/mol. The topological polar surface area (TPSA) is 53.8 Å². The van der Waals surface area contributed by atoms with Gasteiger partial charge in [-0.3, -0.25) is 9.79 Å². The number of fused-ring (bicyclic) bond motifs is 1. The van der Waals surface area contributed by atoms with Crippen molar-refractivity contribution >= 4 is 45.5 Å². The van der Waals surface area contributed by atoms with Crippen molar-refractivity contribution in [3.8, 4) is 0 Å². The minimum absolute atomic E-state index is 0.159. The number of anilines is 1. The Balaban J connectivity index is 1.51. The number of carbonyl (C=O) groups excluding carboxylic acids is 1. The normalized spacial score (nSPS) is 13.0. The van der Waals surface area contributed by atoms with E-state index >= 15 is 0 Å². The molecule has 1 aliphatic rings. The lowest BCUT2D eigenvalue weighted by Gasteiger charge is -2.10. The maximum absolute atomic E-state index is 13.3. The number of aryl methyl sites for hydroxylation is 1. The SMILES string of the molecule is Cc1cc(F)ccc1NC(=O)CSC1=Nc2ccccc2N=C(c2ccccc2)C1. The highest BCUT2D eigenvalue weighted by Crippen LogP contribution is 2.33. The van der Waals surface area contributed by atoms with E-state index in [1.165, 1.54) is 23.9 Å². The number of nitrogens with zero attached hydrogens (tertiary/aromatic N) is 2. The van der Waals surface area contributed by atoms with Crippen molar-refractivity contribution in [2.24, 2.45) is 9.98 Å². The van der Waals surface area contributed by atoms with Gasteiger partial charge in [0.25, 0.3) is 0 Å². The van der Waals surface area contributed by atoms with Gasteiger partial charge in [0.1, 0.15) is 5.82 Å². The van der Waals surface area contributed by atoms with Crippen LogP contribution in [-0.2, 0) is 4.79 Å². The lowest BCUT2D eigenvalue weighted by Crippen LogP contribution is -2.17. The van der Waals surface area contributed by atoms with Crippen molar-refractivity contribution in [2.75, 3.05) is 11.1 Å². The molecule has 0 atom stereocenters. The zero-order valence-corrected chi connectivity index (χ0v) is 17.2. The molecule has 150 valence electrons. The number of amides is 1. The van der Waals surface area contributed by atoms with Crippen LogP contribution >= 0.6 is 11.8 Å². The van der Waals surface area contributed by atoms with Gasteiger partial charge >= 0.3 is 0 Å². The van der Waals surface area contributed by atoms with E-state index in [0.29, 0.717) is 17.7 Å². The minimum atomic E-state index is -0.320. The van der Waals surface area contributed by atoms with Gasteiger partial charge in [0.2, 0.25) is 5.91 Å². The summed E-state index contributed by atoms with van der Waals surface area (Å²) in [6, 6.07) is 22.0. The predicted molar refractivity (Wildman–Crippen MR) is 123 cm³/mol. The third-order valence-electron chi connectivity index (χ3n) is 4.64. The second-order valence-electron chi connectivity index (χ2n) is 6.89. The van der Waals surface area contributed by atoms with E-state index in [9.17, 15) is 9.18 Å². The predicted octanol–water partition coefficient (Wildman–Crippen LogP) is 6.06. The first-order valence-corrected chi connectivity index (χ1v) is 10.6. The third kappa shape index (κ3) is 4.83. The Hall–Kier alpha value is -3.25. The quantitative estimate of drug-likeness (QED) is 0.561. The third-order valence-corrected chi connectivity index (χ3v) is 5.62. The molecule has 1 amide bonds. The van der Waals surface area contributed by atoms with E-state index in [-0.39, 0.29) is 17.5 Å². The van der Waals surface area contributed by atoms with Gasteiger partial charge in [0.05, 0.1) is 27.9 Å². The molecular formula is C24H20FN3OS. The molecule has 3 aromatic carbocycles. The van der Waals surface area contributed by atoms with Crippen molar-refractivity contribution in [2.45, 2.75) is 13.3 Å². The molecule has 0 aliphatic carbocycles. The number of rotatable bonds is 4. The highest BCUT2D eigenvalue weighted by atomic mass is 32.2. The van der Waals surface area contributed by atoms with Crippen LogP contribution in [0, 0.1) is 12.7 Å². The molecule has 1 heterocycles. The molecule has 3 aromatic rings. The molecule has 0 radical (unpaired) electrons. The van der Waals surface area contributed by atoms with Gasteiger partial charge in [-0.1, -0.05) is 42.5 Å². The molecule has 0 fully saturated rings. The highest BCUT2D eigenvalue weighted by molar-refractivity contribution is 8.14. The number of aliphatic imine (C=N–C) groups is 2. The zero-order valence-electron chi connectivity index (χ0n) is 16.4. The van der Waals surface area contributed by atoms with Gasteiger partial charge in [0.15, 0.2) is 0 Å². The summed E-state index contributed by atoms with van der Waals surface area (Å²) in [7, 11) is 0. The molecule has 0 bridgehead atoms. The summed E-state index contributed by atoms with van der Waals surface area (Å²) in [6.07, 6.45) is 0.548. The Kier molecular flexibility index (Phi) is 6.05. The Morgan fingerprint density at radius 1 is 1.00 bits per heavy atom. The van der Waals surface area contributed by atoms with Crippen molar-refractivity contribution in [3.63, 3.8) is 0 Å². The first kappa shape index (κ1) is 20.0. The molecule has 0 saturated heterocycles. The van der Waals surface area contributed by atoms with Gasteiger partial charge < -0.3 is 5.32 Å². The Morgan fingerprint density at radius 3 is 2.43 bits per heavy atom. The Morgan fingerprint density at radius 2 is 1.70 bits per heavy atom. The minimum Gasteiger partial charge on any atom is -0.325 e. The summed E-state index contributed by atoms with van der Waals surface area (Å²) in [5.74, 6) is -0.271. The van der Waals surface area contributed by atoms with Crippen LogP contribution in [0.1, 0.15) is 17.5 Å². The number of benzene rings is 3. The number of nitrogens with one attached hydrogen (secondary N) is 1. The summed E-state index contributed by atoms with van der Waals surface area (Å²) in [4.78, 5) is 22.0. The van der Waals surface area contributed by atoms with Crippen molar-refractivity contribution < 1.29 is 9.18 Å². The first-order chi connectivity index (χ1) is 14.6. The van der Waals surface area contributed by atoms with Crippen LogP contribution < -0.4 is 5.32 Å². The molecule has 6 heteroatoms. The van der Waals surface area contributed by atoms with Crippen molar-refractivity contribution in [1.82, 2.24) is 0 Å². The highest BCUT2D eigenvalue weighted by Gasteiger charge is 2.16. The molecule has 0 saturated carbocycles. The molecule has 0 aromatic heterocycles. The fraction of sp³-hybridized carbons (Fsp3) is 0.125. The largest absolute Gasteiger partial charge is 0.325 e. The summed E-state index contributed by atoms with van der Waals surface area (Å²) in [6.45, 7) is 1.76. The van der Waals surface area contributed by atoms with E-state index in [0.717, 1.165) is 27.7 Å². The molecule has 4 nitrogen and oxygen atoms in total. The van der Waals surface area contributed by atoms with Gasteiger partial charge in [-0.05, 0) is 48.4 Å². The molecule has 1 N–H and O–H groups in total. The van der Waals surface area contributed by atoms with E-state index in [2.05, 4.69) is 5.32 Å². The lowest BCUT2D eigenvalue weighted by molar-refractivity contribution is -0.113. The lowest BCUT2D eigenvalue weighted by atomic mass is 10.1. The molecule has 0 unspecified atom stereocenters. The maximum Gasteiger partial charge on any atom is 0.234 e. The van der Waals surface area contributed by atoms with E-state index in [4.69, 9.17) is 9.98 Å². The van der Waals surface area contributed by atoms with Gasteiger partial charge in [0, 0.05) is 12.1 Å². The van der Waals surface area contributed by atoms with Crippen LogP contribution in [0.2, 0.25) is 0 Å². The summed E-state index contributed by atoms with van der Waals surface area (Å²) >= 11 is 1.39. The van der Waals surface area contributed by atoms with E-state index in [1.807, 2.05) is 54.6 Å². The van der Waals surface area contributed by atoms with E-state index in [1.54, 1.807) is 13.0 Å². The van der Waals surface area contributed by atoms with Crippen LogP contribution in [0.5, 0.6) is 0 Å². The second-order valence-corrected chi connectivity index (χ2v) is 7.94. The number of thioether (sulfide) groups is 1. The fourth-order valence-electron chi connectivity index (χ4n) is 3.14. The molecule has 0 spiro atoms. The number of hydrogen-bond acceptors (Lipinski definition) is 4. The fourth-order valence-corrected chi connectivity index (χ4v) is 3.91. The summed E-state index contributed by atoms with van der Waals surface area (Å²) in [5.41, 5.74) is 4.86. The van der Waals surface area contributed by atoms with Crippen LogP contribution in [0.15, 0.2) is 82.8 Å². The summed E-state index contributed by atoms with van der Waals surface area (Å²) < 4.78 is 13.3. The van der Waals surface area contributed by atoms with Gasteiger partial charge in [-0.15, -0.1) is 11.8 Å². The average Bonchev–Trinajstić information content (AvgIpc) is 2.94. The Labute approximate surface area is 179 Å². The van der Waals surface area contributed by atoms with Crippen LogP contribution in [0.4, 0.5) is 21.5 Å². The number of hydrogen-bond donors (Lipinski definition) is 1. The van der Waals surface area contributed by atoms with Gasteiger partial charge in [-0.25, -0.2) is 9.38 Å². The Bertz CT molecular complexity index is 1140. The van der Waals surface area contributed by atoms with Crippen LogP contribution in [0.3, 0.4) is 0 Å². The van der Waals surface area contributed by atoms with E-state index < -0.39 is 0 Å². The molecule has 4 rings (SSSR count). The second kappa shape index (κ2) is 9.05. The van der Waals surface area contributed by atoms with Crippen molar-refractivity contribution in [3.05, 3.63) is 89.7 Å². The maximum atomic E-state index is 13.3. The van der Waals surface area contributed by atoms with Crippen molar-refractivity contribution in [1.29, 1.82) is 0 Å². The standard InChI is InChI=1S/C24H20FN3OS/c1-16-13-18(25)11-12-19(16)27-23(29)15-30-24-14-22(17-7-3-2-4-8-17)26-20-9-5-6-10-21(20)28-24/h2-13H,14-15H2,1H3,(H,27,29). The van der Waals surface area contributed by atoms with Crippen LogP contribution in [0.25, 0.3) is 0 Å². The average molecular weight is 418 g/mol. The smallest absolute Gasteiger partial charge is 0.234 e. The molecular weight excluding hydrogens is 397 g/mol. The van der Waals surface area contributed by atoms with Crippen LogP contribution in [-0.4, -0.2) is 22.4 Å². The number of carbonyl (C=O) groups is 1. The number of para-hydroxylation sites is 2. The summed E-state index contributed by atoms with van der Waals surface area (Å²) in [5, 5.41) is 3.67. The van der Waals surface area contributed by atoms with Gasteiger partial charge in [-0.2, -0.15) is 0 Å².